The van der Waals surface area contributed by atoms with Crippen LogP contribution in [0.15, 0.2) is 0 Å². The molecule has 2 atom stereocenters. The monoisotopic (exact) mass is 128 g/mol. The van der Waals surface area contributed by atoms with Crippen molar-refractivity contribution in [3.63, 3.8) is 0 Å². The van der Waals surface area contributed by atoms with Gasteiger partial charge < -0.3 is 0 Å². The fourth-order valence-electron chi connectivity index (χ4n) is 1.57. The Morgan fingerprint density at radius 1 is 1.00 bits per heavy atom. The Hall–Kier alpha value is -0.0800. The third-order valence-electron chi connectivity index (χ3n) is 1.78. The van der Waals surface area contributed by atoms with Crippen molar-refractivity contribution in [2.45, 2.75) is 45.4 Å². The zero-order valence-corrected chi connectivity index (χ0v) is 6.44. The second kappa shape index (κ2) is 2.67. The molecule has 2 heteroatoms. The average Bonchev–Trinajstić information content (AvgIpc) is 1.59. The van der Waals surface area contributed by atoms with Crippen LogP contribution in [0, 0.1) is 0 Å². The van der Waals surface area contributed by atoms with Gasteiger partial charge in [-0.3, -0.25) is 10.6 Å². The standard InChI is InChI=1S/C7H16N2/c1-5-4-6(2)9-7(3)8-5/h5-9H,4H2,1-3H3. The molecule has 0 aliphatic carbocycles. The van der Waals surface area contributed by atoms with E-state index in [-0.39, 0.29) is 0 Å². The fraction of sp³-hybridized carbons (Fsp3) is 1.00. The van der Waals surface area contributed by atoms with Crippen LogP contribution in [-0.2, 0) is 0 Å². The van der Waals surface area contributed by atoms with Crippen molar-refractivity contribution in [1.82, 2.24) is 10.6 Å². The van der Waals surface area contributed by atoms with E-state index in [1.54, 1.807) is 0 Å². The quantitative estimate of drug-likeness (QED) is 0.501. The molecule has 2 N–H and O–H groups in total. The smallest absolute Gasteiger partial charge is 0.0546 e. The minimum Gasteiger partial charge on any atom is -0.300 e. The summed E-state index contributed by atoms with van der Waals surface area (Å²) in [7, 11) is 0. The van der Waals surface area contributed by atoms with Crippen LogP contribution >= 0.6 is 0 Å². The highest BCUT2D eigenvalue weighted by atomic mass is 15.2. The summed E-state index contributed by atoms with van der Waals surface area (Å²) in [5.74, 6) is 0. The van der Waals surface area contributed by atoms with Gasteiger partial charge >= 0.3 is 0 Å². The zero-order valence-electron chi connectivity index (χ0n) is 6.44. The van der Waals surface area contributed by atoms with Crippen LogP contribution in [0.3, 0.4) is 0 Å². The van der Waals surface area contributed by atoms with Crippen LogP contribution in [-0.4, -0.2) is 18.2 Å². The minimum atomic E-state index is 0.490. The van der Waals surface area contributed by atoms with Crippen LogP contribution < -0.4 is 10.6 Å². The number of rotatable bonds is 0. The van der Waals surface area contributed by atoms with Gasteiger partial charge in [0.15, 0.2) is 0 Å². The Kier molecular flexibility index (Phi) is 2.09. The first kappa shape index (κ1) is 7.03. The molecular weight excluding hydrogens is 112 g/mol. The molecule has 1 fully saturated rings. The van der Waals surface area contributed by atoms with Gasteiger partial charge in [-0.2, -0.15) is 0 Å². The Balaban J connectivity index is 2.34. The third-order valence-corrected chi connectivity index (χ3v) is 1.78. The lowest BCUT2D eigenvalue weighted by Gasteiger charge is -2.32. The third kappa shape index (κ3) is 1.95. The van der Waals surface area contributed by atoms with Gasteiger partial charge in [0, 0.05) is 12.1 Å². The normalized spacial score (nSPS) is 45.0. The van der Waals surface area contributed by atoms with E-state index in [1.807, 2.05) is 0 Å². The summed E-state index contributed by atoms with van der Waals surface area (Å²) >= 11 is 0. The Morgan fingerprint density at radius 3 is 1.78 bits per heavy atom. The first-order valence-electron chi connectivity index (χ1n) is 3.70. The molecule has 2 unspecified atom stereocenters. The SMILES string of the molecule is CC1CC(C)NC(C)N1. The first-order chi connectivity index (χ1) is 4.18. The lowest BCUT2D eigenvalue weighted by molar-refractivity contribution is 0.277. The second-order valence-corrected chi connectivity index (χ2v) is 3.09. The lowest BCUT2D eigenvalue weighted by atomic mass is 10.1. The molecule has 0 saturated carbocycles. The summed E-state index contributed by atoms with van der Waals surface area (Å²) in [6, 6.07) is 1.35. The van der Waals surface area contributed by atoms with E-state index in [9.17, 15) is 0 Å². The van der Waals surface area contributed by atoms with Crippen LogP contribution in [0.5, 0.6) is 0 Å². The van der Waals surface area contributed by atoms with Gasteiger partial charge in [0.2, 0.25) is 0 Å². The number of nitrogens with one attached hydrogen (secondary N) is 2. The van der Waals surface area contributed by atoms with Crippen LogP contribution in [0.4, 0.5) is 0 Å². The maximum Gasteiger partial charge on any atom is 0.0546 e. The summed E-state index contributed by atoms with van der Waals surface area (Å²) in [5.41, 5.74) is 0. The Bertz CT molecular complexity index is 67.9. The highest BCUT2D eigenvalue weighted by Crippen LogP contribution is 2.03. The summed E-state index contributed by atoms with van der Waals surface area (Å²) in [6.45, 7) is 6.62. The van der Waals surface area contributed by atoms with Gasteiger partial charge in [-0.05, 0) is 27.2 Å². The van der Waals surface area contributed by atoms with Crippen LogP contribution in [0.2, 0.25) is 0 Å². The molecule has 9 heavy (non-hydrogen) atoms. The van der Waals surface area contributed by atoms with Gasteiger partial charge in [0.1, 0.15) is 0 Å². The van der Waals surface area contributed by atoms with Gasteiger partial charge in [0.05, 0.1) is 6.17 Å². The predicted molar refractivity (Wildman–Crippen MR) is 39.3 cm³/mol. The molecule has 1 aliphatic heterocycles. The van der Waals surface area contributed by atoms with Crippen molar-refractivity contribution in [2.24, 2.45) is 0 Å². The van der Waals surface area contributed by atoms with Gasteiger partial charge in [0.25, 0.3) is 0 Å². The van der Waals surface area contributed by atoms with Crippen molar-refractivity contribution in [1.29, 1.82) is 0 Å². The molecule has 1 rings (SSSR count). The molecule has 0 spiro atoms. The van der Waals surface area contributed by atoms with Gasteiger partial charge in [-0.25, -0.2) is 0 Å². The van der Waals surface area contributed by atoms with Crippen molar-refractivity contribution in [3.8, 4) is 0 Å². The molecule has 0 bridgehead atoms. The fourth-order valence-corrected chi connectivity index (χ4v) is 1.57. The van der Waals surface area contributed by atoms with E-state index >= 15 is 0 Å². The van der Waals surface area contributed by atoms with Gasteiger partial charge in [-0.1, -0.05) is 0 Å². The van der Waals surface area contributed by atoms with Gasteiger partial charge in [-0.15, -0.1) is 0 Å². The largest absolute Gasteiger partial charge is 0.300 e. The zero-order chi connectivity index (χ0) is 6.85. The van der Waals surface area contributed by atoms with E-state index in [0.29, 0.717) is 18.2 Å². The molecule has 0 aromatic rings. The minimum absolute atomic E-state index is 0.490. The van der Waals surface area contributed by atoms with E-state index in [0.717, 1.165) is 0 Å². The van der Waals surface area contributed by atoms with Crippen LogP contribution in [0.25, 0.3) is 0 Å². The molecule has 0 amide bonds. The lowest BCUT2D eigenvalue weighted by Crippen LogP contribution is -2.54. The summed E-state index contributed by atoms with van der Waals surface area (Å²) in [4.78, 5) is 0. The molecule has 2 nitrogen and oxygen atoms in total. The molecular formula is C7H16N2. The van der Waals surface area contributed by atoms with Crippen LogP contribution in [0.1, 0.15) is 27.2 Å². The number of hydrogen-bond acceptors (Lipinski definition) is 2. The first-order valence-corrected chi connectivity index (χ1v) is 3.70. The van der Waals surface area contributed by atoms with E-state index in [1.165, 1.54) is 6.42 Å². The Labute approximate surface area is 57.0 Å². The number of hydrogen-bond donors (Lipinski definition) is 2. The molecule has 1 saturated heterocycles. The second-order valence-electron chi connectivity index (χ2n) is 3.09. The molecule has 1 heterocycles. The average molecular weight is 128 g/mol. The van der Waals surface area contributed by atoms with E-state index < -0.39 is 0 Å². The predicted octanol–water partition coefficient (Wildman–Crippen LogP) is 0.692. The highest BCUT2D eigenvalue weighted by Gasteiger charge is 2.17. The maximum absolute atomic E-state index is 3.40. The molecule has 0 radical (unpaired) electrons. The Morgan fingerprint density at radius 2 is 1.44 bits per heavy atom. The molecule has 0 aromatic heterocycles. The van der Waals surface area contributed by atoms with Crippen molar-refractivity contribution in [3.05, 3.63) is 0 Å². The topological polar surface area (TPSA) is 24.1 Å². The highest BCUT2D eigenvalue weighted by molar-refractivity contribution is 4.79. The molecule has 0 aromatic carbocycles. The van der Waals surface area contributed by atoms with Crippen molar-refractivity contribution < 1.29 is 0 Å². The summed E-state index contributed by atoms with van der Waals surface area (Å²) < 4.78 is 0. The summed E-state index contributed by atoms with van der Waals surface area (Å²) in [6.07, 6.45) is 1.73. The molecule has 54 valence electrons. The van der Waals surface area contributed by atoms with E-state index in [4.69, 9.17) is 0 Å². The van der Waals surface area contributed by atoms with Crippen molar-refractivity contribution >= 4 is 0 Å². The van der Waals surface area contributed by atoms with E-state index in [2.05, 4.69) is 31.4 Å². The molecule has 1 aliphatic rings. The van der Waals surface area contributed by atoms with Crippen molar-refractivity contribution in [2.75, 3.05) is 0 Å². The maximum atomic E-state index is 3.40. The summed E-state index contributed by atoms with van der Waals surface area (Å²) in [5, 5.41) is 6.80.